The van der Waals surface area contributed by atoms with E-state index in [1.54, 1.807) is 42.5 Å². The lowest BCUT2D eigenvalue weighted by atomic mass is 10.1. The fourth-order valence-electron chi connectivity index (χ4n) is 2.94. The number of nitrogens with zero attached hydrogens (tertiary/aromatic N) is 1. The van der Waals surface area contributed by atoms with Gasteiger partial charge in [0.25, 0.3) is 5.91 Å². The van der Waals surface area contributed by atoms with Crippen LogP contribution in [-0.4, -0.2) is 52.5 Å². The molecule has 0 aliphatic rings. The maximum absolute atomic E-state index is 12.5. The summed E-state index contributed by atoms with van der Waals surface area (Å²) in [6.07, 6.45) is 0.588. The molecule has 0 heterocycles. The van der Waals surface area contributed by atoms with Gasteiger partial charge in [0, 0.05) is 25.2 Å². The van der Waals surface area contributed by atoms with Gasteiger partial charge in [-0.3, -0.25) is 4.79 Å². The lowest BCUT2D eigenvalue weighted by Crippen LogP contribution is -2.30. The Bertz CT molecular complexity index is 923. The summed E-state index contributed by atoms with van der Waals surface area (Å²) < 4.78 is 36.8. The van der Waals surface area contributed by atoms with Crippen LogP contribution in [-0.2, 0) is 16.4 Å². The van der Waals surface area contributed by atoms with E-state index >= 15 is 0 Å². The van der Waals surface area contributed by atoms with E-state index in [0.29, 0.717) is 43.1 Å². The number of hydrogen-bond donors (Lipinski definition) is 1. The predicted molar refractivity (Wildman–Crippen MR) is 112 cm³/mol. The van der Waals surface area contributed by atoms with Gasteiger partial charge in [-0.1, -0.05) is 26.0 Å². The number of carbonyl (C=O) groups is 1. The summed E-state index contributed by atoms with van der Waals surface area (Å²) in [5.41, 5.74) is 1.42. The topological polar surface area (TPSA) is 84.9 Å². The van der Waals surface area contributed by atoms with Crippen LogP contribution in [0, 0.1) is 0 Å². The zero-order valence-electron chi connectivity index (χ0n) is 17.3. The molecule has 0 bridgehead atoms. The van der Waals surface area contributed by atoms with Crippen molar-refractivity contribution in [2.24, 2.45) is 0 Å². The average molecular weight is 421 g/mol. The van der Waals surface area contributed by atoms with Crippen LogP contribution in [0.15, 0.2) is 47.4 Å². The van der Waals surface area contributed by atoms with Crippen LogP contribution < -0.4 is 14.8 Å². The standard InChI is InChI=1S/C21H28N2O5S/c1-5-23(6-2)29(25,26)18-10-7-16(8-11-18)13-14-22-21(24)17-9-12-19(27-3)20(15-17)28-4/h7-12,15H,5-6,13-14H2,1-4H3,(H,22,24). The van der Waals surface area contributed by atoms with Crippen LogP contribution in [0.4, 0.5) is 0 Å². The predicted octanol–water partition coefficient (Wildman–Crippen LogP) is 2.71. The summed E-state index contributed by atoms with van der Waals surface area (Å²) in [5, 5.41) is 2.86. The number of carbonyl (C=O) groups excluding carboxylic acids is 1. The Balaban J connectivity index is 1.96. The molecule has 158 valence electrons. The Kier molecular flexibility index (Phi) is 8.04. The maximum Gasteiger partial charge on any atom is 0.251 e. The molecule has 0 aliphatic heterocycles. The molecule has 7 nitrogen and oxygen atoms in total. The molecule has 29 heavy (non-hydrogen) atoms. The van der Waals surface area contributed by atoms with Crippen LogP contribution >= 0.6 is 0 Å². The molecule has 1 N–H and O–H groups in total. The summed E-state index contributed by atoms with van der Waals surface area (Å²) in [7, 11) is -0.404. The van der Waals surface area contributed by atoms with E-state index in [1.165, 1.54) is 18.5 Å². The second-order valence-corrected chi connectivity index (χ2v) is 8.25. The van der Waals surface area contributed by atoms with Gasteiger partial charge in [-0.05, 0) is 42.3 Å². The summed E-state index contributed by atoms with van der Waals surface area (Å²) >= 11 is 0. The number of sulfonamides is 1. The van der Waals surface area contributed by atoms with Crippen molar-refractivity contribution in [1.29, 1.82) is 0 Å². The molecule has 2 rings (SSSR count). The quantitative estimate of drug-likeness (QED) is 0.639. The first kappa shape index (κ1) is 22.7. The second-order valence-electron chi connectivity index (χ2n) is 6.31. The lowest BCUT2D eigenvalue weighted by Gasteiger charge is -2.18. The van der Waals surface area contributed by atoms with Gasteiger partial charge in [0.2, 0.25) is 10.0 Å². The van der Waals surface area contributed by atoms with E-state index in [1.807, 2.05) is 13.8 Å². The molecule has 0 aromatic heterocycles. The number of nitrogens with one attached hydrogen (secondary N) is 1. The largest absolute Gasteiger partial charge is 0.493 e. The van der Waals surface area contributed by atoms with E-state index in [0.717, 1.165) is 5.56 Å². The van der Waals surface area contributed by atoms with Crippen molar-refractivity contribution < 1.29 is 22.7 Å². The number of benzene rings is 2. The Morgan fingerprint density at radius 2 is 1.59 bits per heavy atom. The number of amides is 1. The molecule has 0 saturated heterocycles. The van der Waals surface area contributed by atoms with Crippen LogP contribution in [0.5, 0.6) is 11.5 Å². The maximum atomic E-state index is 12.5. The normalized spacial score (nSPS) is 11.3. The summed E-state index contributed by atoms with van der Waals surface area (Å²) in [5.74, 6) is 0.834. The van der Waals surface area contributed by atoms with Gasteiger partial charge in [0.15, 0.2) is 11.5 Å². The highest BCUT2D eigenvalue weighted by molar-refractivity contribution is 7.89. The van der Waals surface area contributed by atoms with Crippen LogP contribution in [0.25, 0.3) is 0 Å². The molecule has 0 atom stereocenters. The number of methoxy groups -OCH3 is 2. The molecule has 1 amide bonds. The minimum atomic E-state index is -3.46. The van der Waals surface area contributed by atoms with Crippen molar-refractivity contribution in [3.63, 3.8) is 0 Å². The zero-order valence-corrected chi connectivity index (χ0v) is 18.1. The Morgan fingerprint density at radius 1 is 0.966 bits per heavy atom. The average Bonchev–Trinajstić information content (AvgIpc) is 2.74. The SMILES string of the molecule is CCN(CC)S(=O)(=O)c1ccc(CCNC(=O)c2ccc(OC)c(OC)c2)cc1. The number of hydrogen-bond acceptors (Lipinski definition) is 5. The van der Waals surface area contributed by atoms with Gasteiger partial charge >= 0.3 is 0 Å². The molecule has 0 fully saturated rings. The minimum absolute atomic E-state index is 0.216. The Morgan fingerprint density at radius 3 is 2.14 bits per heavy atom. The van der Waals surface area contributed by atoms with Crippen molar-refractivity contribution in [3.8, 4) is 11.5 Å². The molecular formula is C21H28N2O5S. The van der Waals surface area contributed by atoms with E-state index in [4.69, 9.17) is 9.47 Å². The van der Waals surface area contributed by atoms with Gasteiger partial charge in [-0.2, -0.15) is 4.31 Å². The van der Waals surface area contributed by atoms with Crippen molar-refractivity contribution in [2.75, 3.05) is 33.9 Å². The molecule has 0 aliphatic carbocycles. The zero-order chi connectivity index (χ0) is 21.4. The molecular weight excluding hydrogens is 392 g/mol. The van der Waals surface area contributed by atoms with Crippen LogP contribution in [0.2, 0.25) is 0 Å². The van der Waals surface area contributed by atoms with Gasteiger partial charge < -0.3 is 14.8 Å². The third-order valence-electron chi connectivity index (χ3n) is 4.61. The first-order valence-electron chi connectivity index (χ1n) is 9.46. The first-order chi connectivity index (χ1) is 13.9. The lowest BCUT2D eigenvalue weighted by molar-refractivity contribution is 0.0953. The van der Waals surface area contributed by atoms with Gasteiger partial charge in [0.05, 0.1) is 19.1 Å². The molecule has 0 spiro atoms. The Hall–Kier alpha value is -2.58. The Labute approximate surface area is 172 Å². The molecule has 8 heteroatoms. The highest BCUT2D eigenvalue weighted by atomic mass is 32.2. The first-order valence-corrected chi connectivity index (χ1v) is 10.9. The summed E-state index contributed by atoms with van der Waals surface area (Å²) in [6, 6.07) is 11.8. The molecule has 2 aromatic carbocycles. The monoisotopic (exact) mass is 420 g/mol. The summed E-state index contributed by atoms with van der Waals surface area (Å²) in [4.78, 5) is 12.6. The van der Waals surface area contributed by atoms with Crippen molar-refractivity contribution in [1.82, 2.24) is 9.62 Å². The third kappa shape index (κ3) is 5.48. The highest BCUT2D eigenvalue weighted by Crippen LogP contribution is 2.27. The molecule has 2 aromatic rings. The van der Waals surface area contributed by atoms with Gasteiger partial charge in [0.1, 0.15) is 0 Å². The highest BCUT2D eigenvalue weighted by Gasteiger charge is 2.21. The number of rotatable bonds is 10. The van der Waals surface area contributed by atoms with E-state index in [-0.39, 0.29) is 10.8 Å². The van der Waals surface area contributed by atoms with Crippen LogP contribution in [0.1, 0.15) is 29.8 Å². The van der Waals surface area contributed by atoms with E-state index in [9.17, 15) is 13.2 Å². The van der Waals surface area contributed by atoms with Crippen molar-refractivity contribution in [3.05, 3.63) is 53.6 Å². The second kappa shape index (κ2) is 10.3. The summed E-state index contributed by atoms with van der Waals surface area (Å²) in [6.45, 7) is 4.92. The van der Waals surface area contributed by atoms with E-state index < -0.39 is 10.0 Å². The molecule has 0 unspecified atom stereocenters. The molecule has 0 saturated carbocycles. The van der Waals surface area contributed by atoms with Crippen molar-refractivity contribution >= 4 is 15.9 Å². The minimum Gasteiger partial charge on any atom is -0.493 e. The van der Waals surface area contributed by atoms with Gasteiger partial charge in [-0.25, -0.2) is 8.42 Å². The fraction of sp³-hybridized carbons (Fsp3) is 0.381. The van der Waals surface area contributed by atoms with E-state index in [2.05, 4.69) is 5.32 Å². The smallest absolute Gasteiger partial charge is 0.251 e. The number of ether oxygens (including phenoxy) is 2. The van der Waals surface area contributed by atoms with Gasteiger partial charge in [-0.15, -0.1) is 0 Å². The van der Waals surface area contributed by atoms with Crippen molar-refractivity contribution in [2.45, 2.75) is 25.2 Å². The van der Waals surface area contributed by atoms with Crippen LogP contribution in [0.3, 0.4) is 0 Å². The fourth-order valence-corrected chi connectivity index (χ4v) is 4.40. The molecule has 0 radical (unpaired) electrons. The third-order valence-corrected chi connectivity index (χ3v) is 6.68.